The highest BCUT2D eigenvalue weighted by Crippen LogP contribution is 2.51. The van der Waals surface area contributed by atoms with E-state index >= 15 is 0 Å². The molecule has 2 aromatic rings. The van der Waals surface area contributed by atoms with Gasteiger partial charge < -0.3 is 9.05 Å². The molecular weight excluding hydrogens is 337 g/mol. The van der Waals surface area contributed by atoms with E-state index in [4.69, 9.17) is 9.05 Å². The van der Waals surface area contributed by atoms with Crippen molar-refractivity contribution in [1.29, 1.82) is 0 Å². The van der Waals surface area contributed by atoms with E-state index in [1.807, 2.05) is 24.6 Å². The van der Waals surface area contributed by atoms with Gasteiger partial charge in [-0.05, 0) is 36.8 Å². The van der Waals surface area contributed by atoms with Crippen molar-refractivity contribution in [2.45, 2.75) is 0 Å². The fraction of sp³-hybridized carbons (Fsp3) is 0.133. The normalized spacial score (nSPS) is 10.8. The summed E-state index contributed by atoms with van der Waals surface area (Å²) in [6.07, 6.45) is 3.73. The molecular formula is C15H16NO3PS2. The van der Waals surface area contributed by atoms with Gasteiger partial charge in [-0.1, -0.05) is 36.4 Å². The third kappa shape index (κ3) is 5.13. The van der Waals surface area contributed by atoms with Gasteiger partial charge in [-0.3, -0.25) is 0 Å². The molecule has 0 bridgehead atoms. The summed E-state index contributed by atoms with van der Waals surface area (Å²) in [6.45, 7) is 0. The molecule has 0 amide bonds. The number of benzene rings is 2. The molecule has 0 atom stereocenters. The molecule has 0 N–H and O–H groups in total. The molecule has 0 aliphatic rings. The van der Waals surface area contributed by atoms with Crippen molar-refractivity contribution in [2.75, 3.05) is 12.5 Å². The summed E-state index contributed by atoms with van der Waals surface area (Å²) < 4.78 is 29.0. The van der Waals surface area contributed by atoms with Gasteiger partial charge in [0.2, 0.25) is 0 Å². The van der Waals surface area contributed by atoms with Crippen LogP contribution in [0.2, 0.25) is 0 Å². The molecule has 4 nitrogen and oxygen atoms in total. The van der Waals surface area contributed by atoms with Crippen molar-refractivity contribution in [2.24, 2.45) is 4.76 Å². The Kier molecular flexibility index (Phi) is 6.43. The van der Waals surface area contributed by atoms with Gasteiger partial charge in [-0.15, -0.1) is 28.3 Å². The predicted octanol–water partition coefficient (Wildman–Crippen LogP) is 5.33. The molecule has 0 saturated carbocycles. The highest BCUT2D eigenvalue weighted by atomic mass is 32.2. The molecule has 0 radical (unpaired) electrons. The van der Waals surface area contributed by atoms with Crippen LogP contribution in [0.25, 0.3) is 0 Å². The molecule has 0 aliphatic heterocycles. The van der Waals surface area contributed by atoms with Crippen LogP contribution in [-0.2, 0) is 4.57 Å². The molecule has 0 heterocycles. The van der Waals surface area contributed by atoms with Gasteiger partial charge in [0.05, 0.1) is 0 Å². The zero-order valence-corrected chi connectivity index (χ0v) is 14.7. The Hall–Kier alpha value is -1.36. The molecule has 7 heteroatoms. The number of nitrogens with zero attached hydrogens (tertiary/aromatic N) is 1. The zero-order chi connectivity index (χ0) is 15.8. The maximum Gasteiger partial charge on any atom is 0.564 e. The van der Waals surface area contributed by atoms with Crippen LogP contribution in [0.4, 0.5) is 0 Å². The Morgan fingerprint density at radius 3 is 1.64 bits per heavy atom. The van der Waals surface area contributed by atoms with Crippen LogP contribution in [0.5, 0.6) is 11.5 Å². The first-order valence-electron chi connectivity index (χ1n) is 6.43. The molecule has 0 saturated heterocycles. The largest absolute Gasteiger partial charge is 0.564 e. The molecule has 0 aliphatic carbocycles. The smallest absolute Gasteiger partial charge is 0.399 e. The fourth-order valence-electron chi connectivity index (χ4n) is 1.55. The number of thioether (sulfide) groups is 2. The van der Waals surface area contributed by atoms with E-state index in [-0.39, 0.29) is 0 Å². The average Bonchev–Trinajstić information content (AvgIpc) is 2.54. The second kappa shape index (κ2) is 8.32. The molecule has 0 aromatic heterocycles. The summed E-state index contributed by atoms with van der Waals surface area (Å²) in [5.41, 5.74) is 0. The zero-order valence-electron chi connectivity index (χ0n) is 12.2. The highest BCUT2D eigenvalue weighted by molar-refractivity contribution is 8.38. The minimum atomic E-state index is -3.71. The molecule has 2 aromatic carbocycles. The van der Waals surface area contributed by atoms with E-state index in [1.165, 1.54) is 23.5 Å². The van der Waals surface area contributed by atoms with Gasteiger partial charge in [0.15, 0.2) is 0 Å². The molecule has 22 heavy (non-hydrogen) atoms. The van der Waals surface area contributed by atoms with Crippen LogP contribution in [0.1, 0.15) is 0 Å². The maximum absolute atomic E-state index is 13.0. The van der Waals surface area contributed by atoms with E-state index in [0.717, 1.165) is 0 Å². The lowest BCUT2D eigenvalue weighted by molar-refractivity contribution is 0.388. The quantitative estimate of drug-likeness (QED) is 0.413. The third-order valence-corrected chi connectivity index (χ3v) is 5.96. The lowest BCUT2D eigenvalue weighted by Gasteiger charge is -2.16. The fourth-order valence-corrected chi connectivity index (χ4v) is 4.57. The van der Waals surface area contributed by atoms with Crippen molar-refractivity contribution in [3.8, 4) is 11.5 Å². The van der Waals surface area contributed by atoms with Gasteiger partial charge in [0.1, 0.15) is 15.9 Å². The van der Waals surface area contributed by atoms with Gasteiger partial charge >= 0.3 is 7.75 Å². The topological polar surface area (TPSA) is 47.9 Å². The Balaban J connectivity index is 2.31. The maximum atomic E-state index is 13.0. The van der Waals surface area contributed by atoms with E-state index in [2.05, 4.69) is 4.76 Å². The van der Waals surface area contributed by atoms with E-state index in [9.17, 15) is 4.57 Å². The standard InChI is InChI=1S/C15H16NO3PS2/c1-21-15(22-2)16-20(17,18-13-9-5-3-6-10-13)19-14-11-7-4-8-12-14/h3-12H,1-2H3. The van der Waals surface area contributed by atoms with Gasteiger partial charge in [0.25, 0.3) is 0 Å². The Bertz CT molecular complexity index is 614. The van der Waals surface area contributed by atoms with Crippen LogP contribution in [0, 0.1) is 0 Å². The Morgan fingerprint density at radius 1 is 0.864 bits per heavy atom. The van der Waals surface area contributed by atoms with E-state index < -0.39 is 7.75 Å². The summed E-state index contributed by atoms with van der Waals surface area (Å²) in [6, 6.07) is 17.8. The van der Waals surface area contributed by atoms with E-state index in [1.54, 1.807) is 48.5 Å². The third-order valence-electron chi connectivity index (χ3n) is 2.48. The summed E-state index contributed by atoms with van der Waals surface area (Å²) >= 11 is 2.80. The lowest BCUT2D eigenvalue weighted by Crippen LogP contribution is -2.00. The minimum Gasteiger partial charge on any atom is -0.399 e. The minimum absolute atomic E-state index is 0.451. The second-order valence-corrected chi connectivity index (χ2v) is 7.40. The molecule has 0 spiro atoms. The van der Waals surface area contributed by atoms with Crippen molar-refractivity contribution < 1.29 is 13.6 Å². The average molecular weight is 353 g/mol. The van der Waals surface area contributed by atoms with Gasteiger partial charge in [-0.2, -0.15) is 0 Å². The second-order valence-electron chi connectivity index (χ2n) is 4.05. The molecule has 0 unspecified atom stereocenters. The molecule has 116 valence electrons. The van der Waals surface area contributed by atoms with E-state index in [0.29, 0.717) is 15.9 Å². The van der Waals surface area contributed by atoms with Crippen molar-refractivity contribution >= 4 is 35.6 Å². The van der Waals surface area contributed by atoms with Crippen LogP contribution < -0.4 is 9.05 Å². The van der Waals surface area contributed by atoms with Crippen LogP contribution >= 0.6 is 31.3 Å². The summed E-state index contributed by atoms with van der Waals surface area (Å²) in [7, 11) is -3.71. The van der Waals surface area contributed by atoms with Gasteiger partial charge in [0, 0.05) is 0 Å². The SMILES string of the molecule is CSC(=NP(=O)(Oc1ccccc1)Oc1ccccc1)SC. The van der Waals surface area contributed by atoms with Gasteiger partial charge in [-0.25, -0.2) is 4.57 Å². The number of para-hydroxylation sites is 2. The molecule has 0 fully saturated rings. The van der Waals surface area contributed by atoms with Crippen LogP contribution in [0.3, 0.4) is 0 Å². The monoisotopic (exact) mass is 353 g/mol. The number of hydrogen-bond donors (Lipinski definition) is 0. The molecule has 2 rings (SSSR count). The number of hydrogen-bond acceptors (Lipinski definition) is 5. The highest BCUT2D eigenvalue weighted by Gasteiger charge is 2.29. The van der Waals surface area contributed by atoms with Crippen molar-refractivity contribution in [1.82, 2.24) is 0 Å². The van der Waals surface area contributed by atoms with Crippen molar-refractivity contribution in [3.63, 3.8) is 0 Å². The summed E-state index contributed by atoms with van der Waals surface area (Å²) in [5, 5.41) is 0. The van der Waals surface area contributed by atoms with Crippen LogP contribution in [0.15, 0.2) is 65.4 Å². The first kappa shape index (κ1) is 17.0. The van der Waals surface area contributed by atoms with Crippen molar-refractivity contribution in [3.05, 3.63) is 60.7 Å². The van der Waals surface area contributed by atoms with Crippen LogP contribution in [-0.4, -0.2) is 16.9 Å². The summed E-state index contributed by atoms with van der Waals surface area (Å²) in [4.78, 5) is 0. The Morgan fingerprint density at radius 2 is 1.27 bits per heavy atom. The summed E-state index contributed by atoms with van der Waals surface area (Å²) in [5.74, 6) is 0.902. The first-order chi connectivity index (χ1) is 10.6. The Labute approximate surface area is 138 Å². The lowest BCUT2D eigenvalue weighted by atomic mass is 10.3. The number of rotatable bonds is 5. The first-order valence-corrected chi connectivity index (χ1v) is 10.4. The predicted molar refractivity (Wildman–Crippen MR) is 96.2 cm³/mol.